The van der Waals surface area contributed by atoms with Crippen LogP contribution in [-0.4, -0.2) is 60.3 Å². The maximum Gasteiger partial charge on any atom is 0.167 e. The van der Waals surface area contributed by atoms with Crippen LogP contribution in [0.2, 0.25) is 0 Å². The van der Waals surface area contributed by atoms with E-state index in [2.05, 4.69) is 45.4 Å². The van der Waals surface area contributed by atoms with Crippen molar-refractivity contribution in [2.24, 2.45) is 0 Å². The lowest BCUT2D eigenvalue weighted by Crippen LogP contribution is -2.32. The molecule has 0 unspecified atom stereocenters. The number of nitrogens with one attached hydrogen (secondary N) is 1. The molecule has 1 aliphatic rings. The summed E-state index contributed by atoms with van der Waals surface area (Å²) in [6, 6.07) is 18.3. The van der Waals surface area contributed by atoms with Gasteiger partial charge in [0.15, 0.2) is 23.2 Å². The third kappa shape index (κ3) is 4.65. The van der Waals surface area contributed by atoms with Crippen LogP contribution in [0, 0.1) is 6.92 Å². The molecule has 5 rings (SSSR count). The van der Waals surface area contributed by atoms with Crippen molar-refractivity contribution < 1.29 is 14.9 Å². The number of imidazole rings is 1. The van der Waals surface area contributed by atoms with Gasteiger partial charge in [0.25, 0.3) is 0 Å². The Morgan fingerprint density at radius 1 is 1.00 bits per heavy atom. The first-order valence-corrected chi connectivity index (χ1v) is 12.3. The number of nitrogens with zero attached hydrogens (tertiary/aromatic N) is 4. The molecule has 4 atom stereocenters. The van der Waals surface area contributed by atoms with Gasteiger partial charge in [-0.15, -0.1) is 11.8 Å². The number of aryl methyl sites for hydroxylation is 1. The van der Waals surface area contributed by atoms with Crippen molar-refractivity contribution in [2.45, 2.75) is 42.8 Å². The molecule has 1 aliphatic heterocycles. The smallest absolute Gasteiger partial charge is 0.167 e. The Balaban J connectivity index is 1.29. The highest BCUT2D eigenvalue weighted by Crippen LogP contribution is 2.35. The van der Waals surface area contributed by atoms with Gasteiger partial charge in [0.05, 0.1) is 12.4 Å². The van der Waals surface area contributed by atoms with Crippen molar-refractivity contribution >= 4 is 28.7 Å². The maximum atomic E-state index is 10.8. The molecule has 34 heavy (non-hydrogen) atoms. The summed E-state index contributed by atoms with van der Waals surface area (Å²) < 4.78 is 7.77. The zero-order valence-corrected chi connectivity index (χ0v) is 19.6. The number of hydrogen-bond acceptors (Lipinski definition) is 8. The lowest BCUT2D eigenvalue weighted by atomic mass is 10.1. The highest BCUT2D eigenvalue weighted by molar-refractivity contribution is 7.99. The molecule has 3 N–H and O–H groups in total. The fourth-order valence-electron chi connectivity index (χ4n) is 4.12. The van der Waals surface area contributed by atoms with E-state index in [1.807, 2.05) is 36.4 Å². The highest BCUT2D eigenvalue weighted by Gasteiger charge is 2.44. The first-order valence-electron chi connectivity index (χ1n) is 11.3. The summed E-state index contributed by atoms with van der Waals surface area (Å²) in [7, 11) is 0. The second kappa shape index (κ2) is 10.1. The Hall–Kier alpha value is -2.98. The minimum atomic E-state index is -1.09. The molecule has 2 aromatic carbocycles. The molecule has 4 aromatic rings. The van der Waals surface area contributed by atoms with Gasteiger partial charge >= 0.3 is 0 Å². The molecule has 0 spiro atoms. The molecule has 0 amide bonds. The molecule has 8 nitrogen and oxygen atoms in total. The normalized spacial score (nSPS) is 22.3. The van der Waals surface area contributed by atoms with Crippen LogP contribution in [0.1, 0.15) is 17.4 Å². The lowest BCUT2D eigenvalue weighted by molar-refractivity contribution is -0.0289. The van der Waals surface area contributed by atoms with Crippen LogP contribution in [0.25, 0.3) is 11.2 Å². The molecule has 0 radical (unpaired) electrons. The molecule has 0 bridgehead atoms. The van der Waals surface area contributed by atoms with Gasteiger partial charge in [0, 0.05) is 17.2 Å². The van der Waals surface area contributed by atoms with Crippen LogP contribution in [-0.2, 0) is 11.2 Å². The van der Waals surface area contributed by atoms with Gasteiger partial charge in [0.1, 0.15) is 18.5 Å². The van der Waals surface area contributed by atoms with E-state index in [0.29, 0.717) is 29.3 Å². The predicted molar refractivity (Wildman–Crippen MR) is 132 cm³/mol. The number of aromatic nitrogens is 4. The van der Waals surface area contributed by atoms with Crippen LogP contribution in [0.4, 0.5) is 5.82 Å². The average Bonchev–Trinajstić information content (AvgIpc) is 3.41. The standard InChI is InChI=1S/C25H27N5O3S/c1-16-7-5-6-10-19(16)34-13-18-21(31)22(32)25(33-18)30-15-29-20-23(27-14-28-24(20)30)26-12-11-17-8-3-2-4-9-17/h2-10,14-15,18,21-22,25,31-32H,11-13H2,1H3,(H,26,27,28)/t18-,21-,22-,25-/m1/s1. The molecule has 1 saturated heterocycles. The minimum absolute atomic E-state index is 0.521. The topological polar surface area (TPSA) is 105 Å². The van der Waals surface area contributed by atoms with Gasteiger partial charge in [-0.05, 0) is 30.5 Å². The molecule has 176 valence electrons. The van der Waals surface area contributed by atoms with Crippen molar-refractivity contribution in [3.63, 3.8) is 0 Å². The first kappa shape index (κ1) is 22.8. The summed E-state index contributed by atoms with van der Waals surface area (Å²) in [4.78, 5) is 14.3. The number of rotatable bonds is 8. The number of thioether (sulfide) groups is 1. The number of fused-ring (bicyclic) bond motifs is 1. The average molecular weight is 478 g/mol. The molecule has 0 saturated carbocycles. The van der Waals surface area contributed by atoms with Crippen molar-refractivity contribution in [2.75, 3.05) is 17.6 Å². The Bertz CT molecular complexity index is 1250. The summed E-state index contributed by atoms with van der Waals surface area (Å²) in [6.07, 6.45) is 0.494. The fraction of sp³-hybridized carbons (Fsp3) is 0.320. The van der Waals surface area contributed by atoms with Crippen LogP contribution < -0.4 is 5.32 Å². The number of ether oxygens (including phenoxy) is 1. The lowest BCUT2D eigenvalue weighted by Gasteiger charge is -2.16. The maximum absolute atomic E-state index is 10.8. The van der Waals surface area contributed by atoms with Crippen LogP contribution in [0.5, 0.6) is 0 Å². The quantitative estimate of drug-likeness (QED) is 0.332. The number of aliphatic hydroxyl groups excluding tert-OH is 2. The van der Waals surface area contributed by atoms with E-state index in [-0.39, 0.29) is 0 Å². The van der Waals surface area contributed by atoms with Crippen molar-refractivity contribution in [1.82, 2.24) is 19.5 Å². The largest absolute Gasteiger partial charge is 0.387 e. The Morgan fingerprint density at radius 2 is 1.79 bits per heavy atom. The highest BCUT2D eigenvalue weighted by atomic mass is 32.2. The van der Waals surface area contributed by atoms with E-state index < -0.39 is 24.5 Å². The molecule has 0 aliphatic carbocycles. The summed E-state index contributed by atoms with van der Waals surface area (Å²) in [6.45, 7) is 2.75. The molecule has 1 fully saturated rings. The molecule has 3 heterocycles. The summed E-state index contributed by atoms with van der Waals surface area (Å²) in [5.74, 6) is 1.15. The summed E-state index contributed by atoms with van der Waals surface area (Å²) in [5.41, 5.74) is 3.54. The number of hydrogen-bond donors (Lipinski definition) is 3. The van der Waals surface area contributed by atoms with Gasteiger partial charge < -0.3 is 20.3 Å². The van der Waals surface area contributed by atoms with E-state index in [0.717, 1.165) is 11.3 Å². The number of aliphatic hydroxyl groups is 2. The monoisotopic (exact) mass is 477 g/mol. The third-order valence-electron chi connectivity index (χ3n) is 6.02. The second-order valence-electron chi connectivity index (χ2n) is 8.33. The molecule has 9 heteroatoms. The predicted octanol–water partition coefficient (Wildman–Crippen LogP) is 3.20. The Morgan fingerprint density at radius 3 is 2.62 bits per heavy atom. The van der Waals surface area contributed by atoms with Gasteiger partial charge in [-0.1, -0.05) is 48.5 Å². The molecule has 2 aromatic heterocycles. The van der Waals surface area contributed by atoms with E-state index in [1.54, 1.807) is 22.7 Å². The Kier molecular flexibility index (Phi) is 6.77. The minimum Gasteiger partial charge on any atom is -0.387 e. The number of benzene rings is 2. The third-order valence-corrected chi connectivity index (χ3v) is 7.28. The van der Waals surface area contributed by atoms with Crippen LogP contribution in [0.15, 0.2) is 72.1 Å². The summed E-state index contributed by atoms with van der Waals surface area (Å²) in [5, 5.41) is 24.7. The van der Waals surface area contributed by atoms with Crippen molar-refractivity contribution in [3.8, 4) is 0 Å². The first-order chi connectivity index (χ1) is 16.6. The SMILES string of the molecule is Cc1ccccc1SC[C@H]1O[C@@H](n2cnc3c(NCCc4ccccc4)ncnc32)[C@H](O)[C@@H]1O. The van der Waals surface area contributed by atoms with Gasteiger partial charge in [-0.2, -0.15) is 0 Å². The van der Waals surface area contributed by atoms with E-state index >= 15 is 0 Å². The van der Waals surface area contributed by atoms with Crippen molar-refractivity contribution in [1.29, 1.82) is 0 Å². The van der Waals surface area contributed by atoms with Gasteiger partial charge in [0.2, 0.25) is 0 Å². The van der Waals surface area contributed by atoms with E-state index in [1.165, 1.54) is 17.5 Å². The van der Waals surface area contributed by atoms with Crippen LogP contribution >= 0.6 is 11.8 Å². The van der Waals surface area contributed by atoms with Crippen molar-refractivity contribution in [3.05, 3.63) is 78.4 Å². The van der Waals surface area contributed by atoms with Gasteiger partial charge in [-0.25, -0.2) is 15.0 Å². The second-order valence-corrected chi connectivity index (χ2v) is 9.39. The molecular weight excluding hydrogens is 450 g/mol. The van der Waals surface area contributed by atoms with Crippen LogP contribution in [0.3, 0.4) is 0 Å². The zero-order valence-electron chi connectivity index (χ0n) is 18.8. The van der Waals surface area contributed by atoms with E-state index in [9.17, 15) is 10.2 Å². The zero-order chi connectivity index (χ0) is 23.5. The fourth-order valence-corrected chi connectivity index (χ4v) is 5.21. The van der Waals surface area contributed by atoms with Gasteiger partial charge in [-0.3, -0.25) is 4.57 Å². The van der Waals surface area contributed by atoms with E-state index in [4.69, 9.17) is 4.74 Å². The summed E-state index contributed by atoms with van der Waals surface area (Å²) >= 11 is 1.61. The number of anilines is 1. The molecular formula is C25H27N5O3S. The Labute approximate surface area is 202 Å².